The monoisotopic (exact) mass is 341 g/mol. The molecule has 5 nitrogen and oxygen atoms in total. The van der Waals surface area contributed by atoms with E-state index in [-0.39, 0.29) is 11.5 Å². The molecule has 0 aliphatic rings. The van der Waals surface area contributed by atoms with Crippen LogP contribution in [0.25, 0.3) is 11.0 Å². The Kier molecular flexibility index (Phi) is 4.26. The summed E-state index contributed by atoms with van der Waals surface area (Å²) in [6, 6.07) is 24.0. The average molecular weight is 341 g/mol. The van der Waals surface area contributed by atoms with E-state index in [1.165, 1.54) is 0 Å². The molecule has 0 atom stereocenters. The number of hydrogen-bond donors (Lipinski definition) is 1. The fraction of sp³-hybridized carbons (Fsp3) is 0. The van der Waals surface area contributed by atoms with Crippen LogP contribution < -0.4 is 10.9 Å². The highest BCUT2D eigenvalue weighted by Crippen LogP contribution is 2.15. The highest BCUT2D eigenvalue weighted by molar-refractivity contribution is 6.04. The first-order chi connectivity index (χ1) is 12.8. The third-order valence-electron chi connectivity index (χ3n) is 3.79. The summed E-state index contributed by atoms with van der Waals surface area (Å²) < 4.78 is 5.91. The third-order valence-corrected chi connectivity index (χ3v) is 3.79. The van der Waals surface area contributed by atoms with Crippen LogP contribution in [0.2, 0.25) is 0 Å². The minimum absolute atomic E-state index is 0.253. The molecule has 126 valence electrons. The van der Waals surface area contributed by atoms with E-state index in [2.05, 4.69) is 15.3 Å². The molecule has 4 rings (SSSR count). The van der Waals surface area contributed by atoms with Gasteiger partial charge in [0.2, 0.25) is 5.55 Å². The summed E-state index contributed by atoms with van der Waals surface area (Å²) in [5.41, 5.74) is 1.97. The Bertz CT molecular complexity index is 1120. The van der Waals surface area contributed by atoms with Crippen molar-refractivity contribution in [3.8, 4) is 0 Å². The molecule has 0 radical (unpaired) electrons. The van der Waals surface area contributed by atoms with E-state index in [0.717, 1.165) is 5.39 Å². The topological polar surface area (TPSA) is 67.5 Å². The molecular weight excluding hydrogens is 326 g/mol. The van der Waals surface area contributed by atoms with Crippen molar-refractivity contribution in [3.63, 3.8) is 0 Å². The van der Waals surface area contributed by atoms with Gasteiger partial charge in [0.05, 0.1) is 5.69 Å². The number of pyridine rings is 1. The molecule has 0 bridgehead atoms. The molecule has 0 unspecified atom stereocenters. The van der Waals surface area contributed by atoms with Crippen molar-refractivity contribution in [1.29, 1.82) is 0 Å². The summed E-state index contributed by atoms with van der Waals surface area (Å²) >= 11 is 0. The van der Waals surface area contributed by atoms with Crippen molar-refractivity contribution < 1.29 is 9.21 Å². The molecule has 26 heavy (non-hydrogen) atoms. The Balaban J connectivity index is 1.85. The van der Waals surface area contributed by atoms with Gasteiger partial charge in [-0.15, -0.1) is 0 Å². The summed E-state index contributed by atoms with van der Waals surface area (Å²) in [6.45, 7) is 0. The molecule has 0 aliphatic carbocycles. The van der Waals surface area contributed by atoms with Crippen molar-refractivity contribution in [2.45, 2.75) is 0 Å². The molecule has 4 aromatic rings. The van der Waals surface area contributed by atoms with E-state index < -0.39 is 0 Å². The van der Waals surface area contributed by atoms with Gasteiger partial charge in [0.1, 0.15) is 17.0 Å². The number of hydrogen-bond acceptors (Lipinski definition) is 4. The van der Waals surface area contributed by atoms with E-state index in [4.69, 9.17) is 4.42 Å². The van der Waals surface area contributed by atoms with Gasteiger partial charge in [-0.2, -0.15) is 0 Å². The van der Waals surface area contributed by atoms with Gasteiger partial charge in [-0.3, -0.25) is 4.79 Å². The molecule has 2 aromatic heterocycles. The van der Waals surface area contributed by atoms with Crippen LogP contribution in [-0.2, 0) is 0 Å². The predicted octanol–water partition coefficient (Wildman–Crippen LogP) is 4.31. The van der Waals surface area contributed by atoms with Crippen molar-refractivity contribution in [1.82, 2.24) is 4.98 Å². The van der Waals surface area contributed by atoms with Crippen LogP contribution in [0.4, 0.5) is 11.5 Å². The van der Waals surface area contributed by atoms with E-state index in [1.807, 2.05) is 60.7 Å². The van der Waals surface area contributed by atoms with Gasteiger partial charge in [-0.1, -0.05) is 42.5 Å². The van der Waals surface area contributed by atoms with Gasteiger partial charge in [-0.05, 0) is 36.4 Å². The zero-order valence-corrected chi connectivity index (χ0v) is 13.8. The van der Waals surface area contributed by atoms with Crippen LogP contribution in [0.5, 0.6) is 0 Å². The van der Waals surface area contributed by atoms with Crippen molar-refractivity contribution in [3.05, 3.63) is 96.2 Å². The van der Waals surface area contributed by atoms with Crippen LogP contribution in [0, 0.1) is 0 Å². The van der Waals surface area contributed by atoms with Gasteiger partial charge in [-0.25, -0.2) is 9.98 Å². The average Bonchev–Trinajstić information content (AvgIpc) is 2.69. The largest absolute Gasteiger partial charge is 0.438 e. The first kappa shape index (κ1) is 15.8. The normalized spacial score (nSPS) is 11.5. The molecule has 0 fully saturated rings. The van der Waals surface area contributed by atoms with Crippen LogP contribution in [0.15, 0.2) is 94.5 Å². The molecule has 2 heterocycles. The summed E-state index contributed by atoms with van der Waals surface area (Å²) in [6.07, 6.45) is 1.62. The fourth-order valence-electron chi connectivity index (χ4n) is 2.55. The number of rotatable bonds is 3. The lowest BCUT2D eigenvalue weighted by Crippen LogP contribution is -2.22. The number of para-hydroxylation sites is 2. The molecule has 0 saturated carbocycles. The van der Waals surface area contributed by atoms with Gasteiger partial charge in [0, 0.05) is 11.6 Å². The summed E-state index contributed by atoms with van der Waals surface area (Å²) in [7, 11) is 0. The number of nitrogens with zero attached hydrogens (tertiary/aromatic N) is 2. The molecule has 0 saturated heterocycles. The highest BCUT2D eigenvalue weighted by Gasteiger charge is 2.13. The maximum absolute atomic E-state index is 12.8. The van der Waals surface area contributed by atoms with E-state index in [1.54, 1.807) is 24.4 Å². The SMILES string of the molecule is O=C(Nc1ccccn1)c1cc2ccccc2oc1=Nc1ccccc1. The van der Waals surface area contributed by atoms with Crippen LogP contribution >= 0.6 is 0 Å². The fourth-order valence-corrected chi connectivity index (χ4v) is 2.55. The first-order valence-electron chi connectivity index (χ1n) is 8.15. The summed E-state index contributed by atoms with van der Waals surface area (Å²) in [5, 5.41) is 3.60. The smallest absolute Gasteiger partial charge is 0.262 e. The number of carbonyl (C=O) groups is 1. The number of fused-ring (bicyclic) bond motifs is 1. The van der Waals surface area contributed by atoms with E-state index >= 15 is 0 Å². The lowest BCUT2D eigenvalue weighted by Gasteiger charge is -2.06. The molecular formula is C21H15N3O2. The Hall–Kier alpha value is -3.73. The summed E-state index contributed by atoms with van der Waals surface area (Å²) in [4.78, 5) is 21.4. The number of nitrogens with one attached hydrogen (secondary N) is 1. The minimum Gasteiger partial charge on any atom is -0.438 e. The number of benzene rings is 2. The Morgan fingerprint density at radius 3 is 2.50 bits per heavy atom. The number of anilines is 1. The Morgan fingerprint density at radius 1 is 0.923 bits per heavy atom. The zero-order chi connectivity index (χ0) is 17.8. The van der Waals surface area contributed by atoms with Crippen LogP contribution in [-0.4, -0.2) is 10.9 Å². The highest BCUT2D eigenvalue weighted by atomic mass is 16.3. The van der Waals surface area contributed by atoms with Crippen molar-refractivity contribution >= 4 is 28.4 Å². The molecule has 0 aliphatic heterocycles. The zero-order valence-electron chi connectivity index (χ0n) is 13.8. The Labute approximate surface area is 149 Å². The molecule has 1 N–H and O–H groups in total. The summed E-state index contributed by atoms with van der Waals surface area (Å²) in [5.74, 6) is 0.143. The minimum atomic E-state index is -0.326. The van der Waals surface area contributed by atoms with Gasteiger partial charge >= 0.3 is 0 Å². The van der Waals surface area contributed by atoms with Gasteiger partial charge in [0.15, 0.2) is 0 Å². The predicted molar refractivity (Wildman–Crippen MR) is 100 cm³/mol. The molecule has 2 aromatic carbocycles. The molecule has 1 amide bonds. The standard InChI is InChI=1S/C21H15N3O2/c25-20(24-19-12-6-7-13-22-19)17-14-15-8-4-5-11-18(15)26-21(17)23-16-9-2-1-3-10-16/h1-14H,(H,22,24,25). The van der Waals surface area contributed by atoms with Crippen molar-refractivity contribution in [2.75, 3.05) is 5.32 Å². The quantitative estimate of drug-likeness (QED) is 0.604. The second-order valence-corrected chi connectivity index (χ2v) is 5.62. The Morgan fingerprint density at radius 2 is 1.69 bits per heavy atom. The third kappa shape index (κ3) is 3.37. The first-order valence-corrected chi connectivity index (χ1v) is 8.15. The van der Waals surface area contributed by atoms with Crippen LogP contribution in [0.3, 0.4) is 0 Å². The van der Waals surface area contributed by atoms with E-state index in [0.29, 0.717) is 22.7 Å². The maximum atomic E-state index is 12.8. The lowest BCUT2D eigenvalue weighted by atomic mass is 10.1. The second-order valence-electron chi connectivity index (χ2n) is 5.62. The molecule has 5 heteroatoms. The molecule has 0 spiro atoms. The number of aromatic nitrogens is 1. The van der Waals surface area contributed by atoms with E-state index in [9.17, 15) is 4.79 Å². The second kappa shape index (κ2) is 7.03. The number of amides is 1. The van der Waals surface area contributed by atoms with Gasteiger partial charge in [0.25, 0.3) is 5.91 Å². The lowest BCUT2D eigenvalue weighted by molar-refractivity contribution is 0.102. The number of carbonyl (C=O) groups excluding carboxylic acids is 1. The maximum Gasteiger partial charge on any atom is 0.262 e. The van der Waals surface area contributed by atoms with Crippen molar-refractivity contribution in [2.24, 2.45) is 4.99 Å². The van der Waals surface area contributed by atoms with Gasteiger partial charge < -0.3 is 9.73 Å². The van der Waals surface area contributed by atoms with Crippen LogP contribution in [0.1, 0.15) is 10.4 Å².